The molecule has 0 unspecified atom stereocenters. The molecule has 0 bridgehead atoms. The number of hydrogen-bond acceptors (Lipinski definition) is 4. The fourth-order valence-corrected chi connectivity index (χ4v) is 2.76. The second-order valence-electron chi connectivity index (χ2n) is 5.35. The number of hydrogen-bond donors (Lipinski definition) is 2. The lowest BCUT2D eigenvalue weighted by atomic mass is 9.66. The van der Waals surface area contributed by atoms with Crippen LogP contribution in [0.5, 0.6) is 11.5 Å². The van der Waals surface area contributed by atoms with Crippen molar-refractivity contribution in [3.63, 3.8) is 0 Å². The molecule has 0 spiro atoms. The van der Waals surface area contributed by atoms with E-state index in [4.69, 9.17) is 21.1 Å². The molecule has 7 heteroatoms. The highest BCUT2D eigenvalue weighted by atomic mass is 35.5. The molecule has 2 N–H and O–H groups in total. The van der Waals surface area contributed by atoms with Crippen molar-refractivity contribution < 1.29 is 24.2 Å². The summed E-state index contributed by atoms with van der Waals surface area (Å²) in [5.41, 5.74) is -0.540. The predicted molar refractivity (Wildman–Crippen MR) is 81.7 cm³/mol. The van der Waals surface area contributed by atoms with Crippen LogP contribution in [0.1, 0.15) is 25.7 Å². The lowest BCUT2D eigenvalue weighted by Crippen LogP contribution is -2.41. The molecule has 2 rings (SSSR count). The maximum atomic E-state index is 12.2. The summed E-state index contributed by atoms with van der Waals surface area (Å²) in [5.74, 6) is -0.508. The number of anilines is 1. The molecule has 0 aromatic heterocycles. The number of carbonyl (C=O) groups is 2. The Labute approximate surface area is 133 Å². The van der Waals surface area contributed by atoms with Gasteiger partial charge in [0.15, 0.2) is 0 Å². The minimum absolute atomic E-state index is 0.0591. The maximum Gasteiger partial charge on any atom is 0.310 e. The van der Waals surface area contributed by atoms with E-state index in [1.807, 2.05) is 0 Å². The molecule has 22 heavy (non-hydrogen) atoms. The van der Waals surface area contributed by atoms with Gasteiger partial charge in [0.05, 0.1) is 30.3 Å². The molecule has 6 nitrogen and oxygen atoms in total. The van der Waals surface area contributed by atoms with Crippen LogP contribution in [0.15, 0.2) is 12.1 Å². The molecular weight excluding hydrogens is 310 g/mol. The van der Waals surface area contributed by atoms with E-state index in [9.17, 15) is 14.7 Å². The van der Waals surface area contributed by atoms with Crippen LogP contribution < -0.4 is 14.8 Å². The van der Waals surface area contributed by atoms with Gasteiger partial charge >= 0.3 is 5.97 Å². The molecule has 1 aromatic rings. The van der Waals surface area contributed by atoms with Gasteiger partial charge in [0.1, 0.15) is 11.5 Å². The third kappa shape index (κ3) is 3.11. The van der Waals surface area contributed by atoms with E-state index in [1.165, 1.54) is 20.3 Å². The van der Waals surface area contributed by atoms with Crippen LogP contribution >= 0.6 is 11.6 Å². The van der Waals surface area contributed by atoms with Crippen LogP contribution in [0.4, 0.5) is 5.69 Å². The van der Waals surface area contributed by atoms with Crippen LogP contribution in [0.25, 0.3) is 0 Å². The van der Waals surface area contributed by atoms with Crippen molar-refractivity contribution in [2.24, 2.45) is 5.41 Å². The number of rotatable bonds is 6. The fraction of sp³-hybridized carbons (Fsp3) is 0.467. The minimum atomic E-state index is -0.937. The molecule has 120 valence electrons. The Kier molecular flexibility index (Phi) is 4.81. The monoisotopic (exact) mass is 327 g/mol. The Morgan fingerprint density at radius 2 is 1.91 bits per heavy atom. The summed E-state index contributed by atoms with van der Waals surface area (Å²) in [7, 11) is 2.92. The van der Waals surface area contributed by atoms with Gasteiger partial charge in [0.25, 0.3) is 0 Å². The molecule has 1 aromatic carbocycles. The third-order valence-corrected chi connectivity index (χ3v) is 4.31. The number of amides is 1. The van der Waals surface area contributed by atoms with Crippen molar-refractivity contribution in [3.05, 3.63) is 17.2 Å². The summed E-state index contributed by atoms with van der Waals surface area (Å²) in [5, 5.41) is 12.3. The van der Waals surface area contributed by atoms with Crippen molar-refractivity contribution in [1.82, 2.24) is 0 Å². The SMILES string of the molecule is COc1cc(NC(=O)CC2(C(=O)O)CCC2)c(OC)cc1Cl. The van der Waals surface area contributed by atoms with Gasteiger partial charge in [-0.15, -0.1) is 0 Å². The Morgan fingerprint density at radius 1 is 1.27 bits per heavy atom. The summed E-state index contributed by atoms with van der Waals surface area (Å²) in [4.78, 5) is 23.5. The molecule has 1 amide bonds. The smallest absolute Gasteiger partial charge is 0.310 e. The van der Waals surface area contributed by atoms with Gasteiger partial charge in [-0.2, -0.15) is 0 Å². The largest absolute Gasteiger partial charge is 0.495 e. The number of aliphatic carboxylic acids is 1. The first-order valence-corrected chi connectivity index (χ1v) is 7.24. The number of methoxy groups -OCH3 is 2. The van der Waals surface area contributed by atoms with E-state index in [0.29, 0.717) is 35.1 Å². The quantitative estimate of drug-likeness (QED) is 0.839. The van der Waals surface area contributed by atoms with Gasteiger partial charge in [-0.05, 0) is 12.8 Å². The summed E-state index contributed by atoms with van der Waals surface area (Å²) in [6.45, 7) is 0. The summed E-state index contributed by atoms with van der Waals surface area (Å²) >= 11 is 6.00. The third-order valence-electron chi connectivity index (χ3n) is 4.01. The highest BCUT2D eigenvalue weighted by Gasteiger charge is 2.45. The zero-order chi connectivity index (χ0) is 16.3. The van der Waals surface area contributed by atoms with E-state index in [1.54, 1.807) is 6.07 Å². The van der Waals surface area contributed by atoms with Gasteiger partial charge in [-0.3, -0.25) is 9.59 Å². The molecule has 0 aliphatic heterocycles. The van der Waals surface area contributed by atoms with Crippen LogP contribution in [0, 0.1) is 5.41 Å². The average Bonchev–Trinajstić information content (AvgIpc) is 2.43. The summed E-state index contributed by atoms with van der Waals surface area (Å²) in [6, 6.07) is 3.08. The Balaban J connectivity index is 2.16. The number of halogens is 1. The second-order valence-corrected chi connectivity index (χ2v) is 5.76. The normalized spacial score (nSPS) is 15.6. The van der Waals surface area contributed by atoms with Crippen LogP contribution in [-0.4, -0.2) is 31.2 Å². The lowest BCUT2D eigenvalue weighted by Gasteiger charge is -2.36. The lowest BCUT2D eigenvalue weighted by molar-refractivity contribution is -0.157. The van der Waals surface area contributed by atoms with Gasteiger partial charge in [-0.1, -0.05) is 18.0 Å². The standard InChI is InChI=1S/C15H18ClNO5/c1-21-11-7-10(12(22-2)6-9(11)16)17-13(18)8-15(14(19)20)4-3-5-15/h6-7H,3-5,8H2,1-2H3,(H,17,18)(H,19,20). The van der Waals surface area contributed by atoms with Crippen molar-refractivity contribution in [3.8, 4) is 11.5 Å². The molecule has 0 heterocycles. The number of carboxylic acids is 1. The Morgan fingerprint density at radius 3 is 2.36 bits per heavy atom. The predicted octanol–water partition coefficient (Wildman–Crippen LogP) is 2.94. The zero-order valence-electron chi connectivity index (χ0n) is 12.4. The van der Waals surface area contributed by atoms with Crippen LogP contribution in [-0.2, 0) is 9.59 Å². The average molecular weight is 328 g/mol. The Bertz CT molecular complexity index is 598. The maximum absolute atomic E-state index is 12.2. The molecule has 1 fully saturated rings. The molecular formula is C15H18ClNO5. The van der Waals surface area contributed by atoms with E-state index in [2.05, 4.69) is 5.32 Å². The van der Waals surface area contributed by atoms with Crippen LogP contribution in [0.2, 0.25) is 5.02 Å². The highest BCUT2D eigenvalue weighted by molar-refractivity contribution is 6.32. The number of benzene rings is 1. The Hall–Kier alpha value is -1.95. The van der Waals surface area contributed by atoms with E-state index >= 15 is 0 Å². The van der Waals surface area contributed by atoms with Gasteiger partial charge in [-0.25, -0.2) is 0 Å². The minimum Gasteiger partial charge on any atom is -0.495 e. The first-order valence-electron chi connectivity index (χ1n) is 6.86. The number of ether oxygens (including phenoxy) is 2. The number of nitrogens with one attached hydrogen (secondary N) is 1. The van der Waals surface area contributed by atoms with Gasteiger partial charge in [0, 0.05) is 18.6 Å². The highest BCUT2D eigenvalue weighted by Crippen LogP contribution is 2.44. The van der Waals surface area contributed by atoms with Crippen molar-refractivity contribution in [2.75, 3.05) is 19.5 Å². The first-order chi connectivity index (χ1) is 10.4. The number of carboxylic acid groups (broad SMARTS) is 1. The molecule has 1 aliphatic rings. The first kappa shape index (κ1) is 16.4. The van der Waals surface area contributed by atoms with Crippen molar-refractivity contribution in [2.45, 2.75) is 25.7 Å². The summed E-state index contributed by atoms with van der Waals surface area (Å²) < 4.78 is 10.3. The molecule has 0 saturated heterocycles. The zero-order valence-corrected chi connectivity index (χ0v) is 13.2. The molecule has 0 atom stereocenters. The van der Waals surface area contributed by atoms with Crippen molar-refractivity contribution in [1.29, 1.82) is 0 Å². The second kappa shape index (κ2) is 6.44. The fourth-order valence-electron chi connectivity index (χ4n) is 2.53. The number of carbonyl (C=O) groups excluding carboxylic acids is 1. The van der Waals surface area contributed by atoms with E-state index in [-0.39, 0.29) is 12.3 Å². The van der Waals surface area contributed by atoms with Gasteiger partial charge < -0.3 is 19.9 Å². The molecule has 1 aliphatic carbocycles. The van der Waals surface area contributed by atoms with Crippen LogP contribution in [0.3, 0.4) is 0 Å². The molecule has 0 radical (unpaired) electrons. The topological polar surface area (TPSA) is 84.9 Å². The van der Waals surface area contributed by atoms with Crippen molar-refractivity contribution >= 4 is 29.2 Å². The van der Waals surface area contributed by atoms with E-state index < -0.39 is 11.4 Å². The van der Waals surface area contributed by atoms with Gasteiger partial charge in [0.2, 0.25) is 5.91 Å². The van der Waals surface area contributed by atoms with E-state index in [0.717, 1.165) is 6.42 Å². The summed E-state index contributed by atoms with van der Waals surface area (Å²) in [6.07, 6.45) is 1.82. The molecule has 1 saturated carbocycles.